The fraction of sp³-hybridized carbons (Fsp3) is 0.524. The quantitative estimate of drug-likeness (QED) is 0.781. The number of amides is 2. The Morgan fingerprint density at radius 3 is 2.48 bits per heavy atom. The van der Waals surface area contributed by atoms with Gasteiger partial charge in [-0.3, -0.25) is 9.69 Å². The highest BCUT2D eigenvalue weighted by Crippen LogP contribution is 2.21. The predicted octanol–water partition coefficient (Wildman–Crippen LogP) is 3.44. The second-order valence-corrected chi connectivity index (χ2v) is 8.51. The molecule has 1 aliphatic heterocycles. The lowest BCUT2D eigenvalue weighted by Crippen LogP contribution is -2.52. The second kappa shape index (κ2) is 8.23. The van der Waals surface area contributed by atoms with Crippen LogP contribution in [0.25, 0.3) is 11.4 Å². The van der Waals surface area contributed by atoms with Crippen molar-refractivity contribution < 1.29 is 18.8 Å². The third kappa shape index (κ3) is 5.34. The van der Waals surface area contributed by atoms with Gasteiger partial charge in [0.1, 0.15) is 18.7 Å². The van der Waals surface area contributed by atoms with Crippen LogP contribution < -0.4 is 0 Å². The molecule has 1 aromatic carbocycles. The summed E-state index contributed by atoms with van der Waals surface area (Å²) in [6, 6.07) is 8.04. The van der Waals surface area contributed by atoms with E-state index >= 15 is 0 Å². The molecule has 1 aromatic heterocycles. The number of hydrogen-bond acceptors (Lipinski definition) is 6. The smallest absolute Gasteiger partial charge is 0.410 e. The van der Waals surface area contributed by atoms with E-state index in [0.717, 1.165) is 5.56 Å². The fourth-order valence-electron chi connectivity index (χ4n) is 2.97. The molecule has 0 radical (unpaired) electrons. The van der Waals surface area contributed by atoms with E-state index in [-0.39, 0.29) is 19.0 Å². The van der Waals surface area contributed by atoms with Gasteiger partial charge in [-0.1, -0.05) is 43.3 Å². The Bertz CT molecular complexity index is 868. The summed E-state index contributed by atoms with van der Waals surface area (Å²) < 4.78 is 10.7. The monoisotopic (exact) mass is 400 g/mol. The minimum atomic E-state index is -0.592. The lowest BCUT2D eigenvalue weighted by atomic mass is 10.0. The zero-order chi connectivity index (χ0) is 21.2. The zero-order valence-corrected chi connectivity index (χ0v) is 17.6. The lowest BCUT2D eigenvalue weighted by Gasteiger charge is -2.34. The van der Waals surface area contributed by atoms with E-state index in [9.17, 15) is 9.59 Å². The molecule has 2 amide bonds. The van der Waals surface area contributed by atoms with Crippen molar-refractivity contribution in [1.82, 2.24) is 19.9 Å². The number of hydrogen-bond donors (Lipinski definition) is 0. The van der Waals surface area contributed by atoms with Crippen molar-refractivity contribution in [3.8, 4) is 11.4 Å². The summed E-state index contributed by atoms with van der Waals surface area (Å²) in [4.78, 5) is 32.0. The highest BCUT2D eigenvalue weighted by Gasteiger charge is 2.31. The molecule has 0 unspecified atom stereocenters. The molecule has 0 atom stereocenters. The molecule has 8 heteroatoms. The average Bonchev–Trinajstić information content (AvgIpc) is 3.10. The molecule has 8 nitrogen and oxygen atoms in total. The first-order valence-corrected chi connectivity index (χ1v) is 9.81. The third-order valence-corrected chi connectivity index (χ3v) is 4.60. The maximum absolute atomic E-state index is 12.4. The summed E-state index contributed by atoms with van der Waals surface area (Å²) in [5.41, 5.74) is 1.52. The molecule has 1 aliphatic rings. The summed E-state index contributed by atoms with van der Waals surface area (Å²) in [5, 5.41) is 4.03. The molecule has 156 valence electrons. The Balaban J connectivity index is 1.59. The highest BCUT2D eigenvalue weighted by molar-refractivity contribution is 5.83. The van der Waals surface area contributed by atoms with Gasteiger partial charge in [0.25, 0.3) is 0 Å². The summed E-state index contributed by atoms with van der Waals surface area (Å²) in [5.74, 6) is 1.14. The Hall–Kier alpha value is -2.90. The first-order valence-electron chi connectivity index (χ1n) is 9.81. The molecule has 2 heterocycles. The van der Waals surface area contributed by atoms with Crippen molar-refractivity contribution in [2.75, 3.05) is 19.6 Å². The largest absolute Gasteiger partial charge is 0.444 e. The minimum absolute atomic E-state index is 0.0213. The van der Waals surface area contributed by atoms with Crippen molar-refractivity contribution in [3.63, 3.8) is 0 Å². The SMILES string of the molecule is CC(C)c1ccc(-c2noc(CN3CCN(C(=O)OC(C)(C)C)CC3=O)n2)cc1. The number of ether oxygens (including phenoxy) is 1. The van der Waals surface area contributed by atoms with Crippen molar-refractivity contribution in [1.29, 1.82) is 0 Å². The van der Waals surface area contributed by atoms with E-state index in [2.05, 4.69) is 36.1 Å². The van der Waals surface area contributed by atoms with E-state index in [1.807, 2.05) is 12.1 Å². The summed E-state index contributed by atoms with van der Waals surface area (Å²) in [7, 11) is 0. The van der Waals surface area contributed by atoms with Crippen LogP contribution in [-0.2, 0) is 16.1 Å². The summed E-state index contributed by atoms with van der Waals surface area (Å²) in [6.45, 7) is 10.7. The number of rotatable bonds is 4. The molecule has 0 bridgehead atoms. The van der Waals surface area contributed by atoms with Gasteiger partial charge >= 0.3 is 6.09 Å². The van der Waals surface area contributed by atoms with Gasteiger partial charge in [-0.25, -0.2) is 4.79 Å². The van der Waals surface area contributed by atoms with Crippen molar-refractivity contribution >= 4 is 12.0 Å². The van der Waals surface area contributed by atoms with Crippen molar-refractivity contribution in [3.05, 3.63) is 35.7 Å². The van der Waals surface area contributed by atoms with Gasteiger partial charge in [-0.05, 0) is 32.3 Å². The molecule has 0 N–H and O–H groups in total. The fourth-order valence-corrected chi connectivity index (χ4v) is 2.97. The van der Waals surface area contributed by atoms with Gasteiger partial charge in [0, 0.05) is 18.7 Å². The summed E-state index contributed by atoms with van der Waals surface area (Å²) in [6.07, 6.45) is -0.476. The highest BCUT2D eigenvalue weighted by atomic mass is 16.6. The predicted molar refractivity (Wildman–Crippen MR) is 107 cm³/mol. The van der Waals surface area contributed by atoms with Crippen LogP contribution in [0.4, 0.5) is 4.79 Å². The number of piperazine rings is 1. The zero-order valence-electron chi connectivity index (χ0n) is 17.6. The van der Waals surface area contributed by atoms with Crippen LogP contribution in [0.15, 0.2) is 28.8 Å². The second-order valence-electron chi connectivity index (χ2n) is 8.51. The third-order valence-electron chi connectivity index (χ3n) is 4.60. The summed E-state index contributed by atoms with van der Waals surface area (Å²) >= 11 is 0. The molecular formula is C21H28N4O4. The number of carbonyl (C=O) groups excluding carboxylic acids is 2. The number of nitrogens with zero attached hydrogens (tertiary/aromatic N) is 4. The Kier molecular flexibility index (Phi) is 5.91. The lowest BCUT2D eigenvalue weighted by molar-refractivity contribution is -0.136. The van der Waals surface area contributed by atoms with Crippen LogP contribution in [0.1, 0.15) is 52.0 Å². The van der Waals surface area contributed by atoms with Gasteiger partial charge in [-0.15, -0.1) is 0 Å². The van der Waals surface area contributed by atoms with E-state index < -0.39 is 11.7 Å². The van der Waals surface area contributed by atoms with E-state index in [1.165, 1.54) is 10.5 Å². The van der Waals surface area contributed by atoms with Crippen molar-refractivity contribution in [2.24, 2.45) is 0 Å². The molecule has 0 aliphatic carbocycles. The van der Waals surface area contributed by atoms with Crippen molar-refractivity contribution in [2.45, 2.75) is 52.7 Å². The number of aromatic nitrogens is 2. The molecule has 1 saturated heterocycles. The molecular weight excluding hydrogens is 372 g/mol. The Labute approximate surface area is 170 Å². The molecule has 0 spiro atoms. The van der Waals surface area contributed by atoms with Crippen LogP contribution in [0.5, 0.6) is 0 Å². The Morgan fingerprint density at radius 1 is 1.21 bits per heavy atom. The van der Waals surface area contributed by atoms with E-state index in [0.29, 0.717) is 30.7 Å². The normalized spacial score (nSPS) is 15.2. The number of benzene rings is 1. The van der Waals surface area contributed by atoms with Crippen LogP contribution >= 0.6 is 0 Å². The van der Waals surface area contributed by atoms with Gasteiger partial charge in [-0.2, -0.15) is 4.98 Å². The molecule has 29 heavy (non-hydrogen) atoms. The first-order chi connectivity index (χ1) is 13.6. The molecule has 1 fully saturated rings. The topological polar surface area (TPSA) is 88.8 Å². The minimum Gasteiger partial charge on any atom is -0.444 e. The number of carbonyl (C=O) groups is 2. The van der Waals surface area contributed by atoms with E-state index in [1.54, 1.807) is 25.7 Å². The maximum Gasteiger partial charge on any atom is 0.410 e. The molecule has 2 aromatic rings. The maximum atomic E-state index is 12.4. The van der Waals surface area contributed by atoms with Gasteiger partial charge in [0.15, 0.2) is 0 Å². The van der Waals surface area contributed by atoms with Gasteiger partial charge < -0.3 is 14.2 Å². The first kappa shape index (κ1) is 20.8. The van der Waals surface area contributed by atoms with Crippen LogP contribution in [0, 0.1) is 0 Å². The standard InChI is InChI=1S/C21H28N4O4/c1-14(2)15-6-8-16(9-7-15)19-22-17(29-23-19)12-24-10-11-25(13-18(24)26)20(27)28-21(3,4)5/h6-9,14H,10-13H2,1-5H3. The van der Waals surface area contributed by atoms with Gasteiger partial charge in [0.05, 0.1) is 0 Å². The Morgan fingerprint density at radius 2 is 1.90 bits per heavy atom. The van der Waals surface area contributed by atoms with Crippen LogP contribution in [0.2, 0.25) is 0 Å². The molecule has 0 saturated carbocycles. The average molecular weight is 400 g/mol. The van der Waals surface area contributed by atoms with Crippen LogP contribution in [-0.4, -0.2) is 57.2 Å². The molecule has 3 rings (SSSR count). The van der Waals surface area contributed by atoms with E-state index in [4.69, 9.17) is 9.26 Å². The van der Waals surface area contributed by atoms with Gasteiger partial charge in [0.2, 0.25) is 17.6 Å². The van der Waals surface area contributed by atoms with Crippen LogP contribution in [0.3, 0.4) is 0 Å².